The molecule has 1 aliphatic heterocycles. The van der Waals surface area contributed by atoms with E-state index in [2.05, 4.69) is 0 Å². The van der Waals surface area contributed by atoms with Gasteiger partial charge in [-0.3, -0.25) is 14.3 Å². The van der Waals surface area contributed by atoms with E-state index in [0.717, 1.165) is 4.57 Å². The molecular weight excluding hydrogens is 365 g/mol. The van der Waals surface area contributed by atoms with Crippen molar-refractivity contribution in [2.45, 2.75) is 24.5 Å². The highest BCUT2D eigenvalue weighted by molar-refractivity contribution is 14.1. The van der Waals surface area contributed by atoms with Crippen molar-refractivity contribution in [3.63, 3.8) is 0 Å². The average molecular weight is 375 g/mol. The van der Waals surface area contributed by atoms with Crippen molar-refractivity contribution in [2.24, 2.45) is 0 Å². The molecule has 3 N–H and O–H groups in total. The Hall–Kier alpha value is -0.780. The largest absolute Gasteiger partial charge is 0.387 e. The van der Waals surface area contributed by atoms with Gasteiger partial charge >= 0.3 is 5.69 Å². The van der Waals surface area contributed by atoms with Gasteiger partial charge in [-0.05, 0) is 0 Å². The molecule has 9 heteroatoms. The minimum absolute atomic E-state index is 0.396. The fourth-order valence-electron chi connectivity index (χ4n) is 1.74. The molecule has 2 rings (SSSR count). The van der Waals surface area contributed by atoms with Gasteiger partial charge in [0.15, 0.2) is 6.23 Å². The van der Waals surface area contributed by atoms with Crippen molar-refractivity contribution in [3.8, 4) is 0 Å². The number of rotatable bonds is 2. The summed E-state index contributed by atoms with van der Waals surface area (Å²) in [5, 5.41) is 19.4. The Morgan fingerprint density at radius 2 is 2.11 bits per heavy atom. The van der Waals surface area contributed by atoms with Crippen LogP contribution in [0.1, 0.15) is 6.23 Å². The van der Waals surface area contributed by atoms with Gasteiger partial charge in [-0.15, -0.1) is 0 Å². The second-order valence-electron chi connectivity index (χ2n) is 3.84. The van der Waals surface area contributed by atoms with Gasteiger partial charge in [0.1, 0.15) is 12.2 Å². The maximum atomic E-state index is 13.1. The van der Waals surface area contributed by atoms with Crippen LogP contribution in [-0.4, -0.2) is 42.5 Å². The fraction of sp³-hybridized carbons (Fsp3) is 0.556. The zero-order valence-electron chi connectivity index (χ0n) is 8.92. The molecule has 1 aromatic rings. The second-order valence-corrected chi connectivity index (χ2v) is 4.72. The van der Waals surface area contributed by atoms with Crippen molar-refractivity contribution >= 4 is 22.6 Å². The van der Waals surface area contributed by atoms with Gasteiger partial charge in [0.25, 0.3) is 5.56 Å². The Balaban J connectivity index is 2.42. The molecule has 1 saturated heterocycles. The van der Waals surface area contributed by atoms with Gasteiger partial charge in [0.05, 0.1) is 12.3 Å². The number of aliphatic hydroxyl groups excluding tert-OH is 2. The van der Waals surface area contributed by atoms with Crippen molar-refractivity contribution < 1.29 is 19.3 Å². The van der Waals surface area contributed by atoms with E-state index in [1.54, 1.807) is 4.98 Å². The van der Waals surface area contributed by atoms with Gasteiger partial charge < -0.3 is 14.9 Å². The monoisotopic (exact) mass is 375 g/mol. The van der Waals surface area contributed by atoms with Crippen LogP contribution in [0.25, 0.3) is 0 Å². The quantitative estimate of drug-likeness (QED) is 0.442. The number of ether oxygens (including phenoxy) is 1. The molecule has 0 aromatic carbocycles. The first-order valence-electron chi connectivity index (χ1n) is 5.04. The average Bonchev–Trinajstić information content (AvgIpc) is 2.61. The number of aliphatic hydroxyl groups is 2. The third-order valence-electron chi connectivity index (χ3n) is 2.69. The van der Waals surface area contributed by atoms with E-state index in [1.165, 1.54) is 0 Å². The number of nitrogens with zero attached hydrogens (tertiary/aromatic N) is 1. The van der Waals surface area contributed by atoms with Crippen LogP contribution < -0.4 is 11.2 Å². The number of nitrogens with one attached hydrogen (secondary N) is 1. The van der Waals surface area contributed by atoms with E-state index in [1.807, 2.05) is 22.6 Å². The molecule has 0 amide bonds. The van der Waals surface area contributed by atoms with Crippen molar-refractivity contribution in [3.05, 3.63) is 32.9 Å². The molecule has 4 atom stereocenters. The molecule has 0 radical (unpaired) electrons. The van der Waals surface area contributed by atoms with Crippen LogP contribution >= 0.6 is 22.6 Å². The smallest absolute Gasteiger partial charge is 0.330 e. The topological polar surface area (TPSA) is 105 Å². The predicted octanol–water partition coefficient (Wildman–Crippen LogP) is -1.27. The molecule has 1 aliphatic rings. The molecule has 100 valence electrons. The maximum absolute atomic E-state index is 13.1. The number of halogens is 2. The maximum Gasteiger partial charge on any atom is 0.330 e. The summed E-state index contributed by atoms with van der Waals surface area (Å²) < 4.78 is 19.5. The highest BCUT2D eigenvalue weighted by Crippen LogP contribution is 2.29. The summed E-state index contributed by atoms with van der Waals surface area (Å²) in [5.74, 6) is -1.17. The Kier molecular flexibility index (Phi) is 3.84. The lowest BCUT2D eigenvalue weighted by atomic mass is 10.1. The second kappa shape index (κ2) is 5.07. The van der Waals surface area contributed by atoms with Crippen LogP contribution in [-0.2, 0) is 4.74 Å². The number of aromatic nitrogens is 2. The van der Waals surface area contributed by atoms with Crippen molar-refractivity contribution in [1.82, 2.24) is 9.55 Å². The van der Waals surface area contributed by atoms with E-state index in [-0.39, 0.29) is 0 Å². The van der Waals surface area contributed by atoms with Crippen molar-refractivity contribution in [2.75, 3.05) is 4.43 Å². The third-order valence-corrected chi connectivity index (χ3v) is 3.56. The van der Waals surface area contributed by atoms with Crippen molar-refractivity contribution in [1.29, 1.82) is 0 Å². The summed E-state index contributed by atoms with van der Waals surface area (Å²) in [5.41, 5.74) is -2.05. The highest BCUT2D eigenvalue weighted by Gasteiger charge is 2.43. The minimum atomic E-state index is -1.37. The summed E-state index contributed by atoms with van der Waals surface area (Å²) in [4.78, 5) is 24.1. The summed E-state index contributed by atoms with van der Waals surface area (Å²) >= 11 is 1.95. The molecule has 2 heterocycles. The number of H-pyrrole nitrogens is 1. The molecular formula is C9H10FIN2O5. The summed E-state index contributed by atoms with van der Waals surface area (Å²) in [6.45, 7) is 0. The number of aromatic amines is 1. The molecule has 0 saturated carbocycles. The minimum Gasteiger partial charge on any atom is -0.387 e. The van der Waals surface area contributed by atoms with Crippen LogP contribution in [0.4, 0.5) is 4.39 Å². The first-order chi connectivity index (χ1) is 8.45. The van der Waals surface area contributed by atoms with E-state index < -0.39 is 41.6 Å². The SMILES string of the molecule is O=c1[15nH][13c](=O)[15n]([C@@H]2O[C@H](CI)C(O)[C@@H]2O)cc1F. The number of hydrogen-bond acceptors (Lipinski definition) is 5. The molecule has 0 spiro atoms. The lowest BCUT2D eigenvalue weighted by Gasteiger charge is -2.16. The standard InChI is InChI=1S/C9H10FIN2O5/c10-3-2-13(9(17)12-7(3)16)8-6(15)5(14)4(1-11)18-8/h2,4-6,8,14-15H,1H2,(H,12,16,17)/t4-,5?,6+,8-/m1/s1/i9+1,12+1,13+1. The van der Waals surface area contributed by atoms with Gasteiger partial charge in [0, 0.05) is 4.43 Å². The Labute approximate surface area is 113 Å². The third kappa shape index (κ3) is 2.22. The first kappa shape index (κ1) is 13.6. The van der Waals surface area contributed by atoms with Crippen LogP contribution in [0, 0.1) is 5.82 Å². The van der Waals surface area contributed by atoms with Gasteiger partial charge in [0.2, 0.25) is 5.82 Å². The number of alkyl halides is 1. The predicted molar refractivity (Wildman–Crippen MR) is 66.1 cm³/mol. The van der Waals surface area contributed by atoms with E-state index in [9.17, 15) is 24.2 Å². The summed E-state index contributed by atoms with van der Waals surface area (Å²) in [6, 6.07) is 0. The Bertz CT molecular complexity index is 559. The van der Waals surface area contributed by atoms with Gasteiger partial charge in [-0.1, -0.05) is 22.6 Å². The summed E-state index contributed by atoms with van der Waals surface area (Å²) in [7, 11) is 0. The number of hydrogen-bond donors (Lipinski definition) is 3. The van der Waals surface area contributed by atoms with Gasteiger partial charge in [-0.25, -0.2) is 4.79 Å². The van der Waals surface area contributed by atoms with Crippen LogP contribution in [0.15, 0.2) is 15.8 Å². The Morgan fingerprint density at radius 1 is 1.44 bits per heavy atom. The molecule has 1 aromatic heterocycles. The van der Waals surface area contributed by atoms with E-state index in [0.29, 0.717) is 10.6 Å². The molecule has 0 aliphatic carbocycles. The van der Waals surface area contributed by atoms with E-state index in [4.69, 9.17) is 4.74 Å². The molecule has 1 unspecified atom stereocenters. The molecule has 1 fully saturated rings. The van der Waals surface area contributed by atoms with Gasteiger partial charge in [-0.2, -0.15) is 4.39 Å². The first-order valence-corrected chi connectivity index (χ1v) is 6.56. The van der Waals surface area contributed by atoms with Crippen LogP contribution in [0.2, 0.25) is 0 Å². The lowest BCUT2D eigenvalue weighted by Crippen LogP contribution is -2.38. The normalized spacial score (nSPS) is 31.8. The van der Waals surface area contributed by atoms with Crippen LogP contribution in [0.3, 0.4) is 0 Å². The summed E-state index contributed by atoms with van der Waals surface area (Å²) in [6.07, 6.45) is -3.77. The fourth-order valence-corrected chi connectivity index (χ4v) is 2.46. The highest BCUT2D eigenvalue weighted by atomic mass is 127. The Morgan fingerprint density at radius 3 is 2.67 bits per heavy atom. The lowest BCUT2D eigenvalue weighted by molar-refractivity contribution is -0.0340. The zero-order chi connectivity index (χ0) is 13.4. The van der Waals surface area contributed by atoms with E-state index >= 15 is 0 Å². The molecule has 0 bridgehead atoms. The molecule has 7 nitrogen and oxygen atoms in total. The zero-order valence-corrected chi connectivity index (χ0v) is 11.1. The molecule has 18 heavy (non-hydrogen) atoms. The van der Waals surface area contributed by atoms with Crippen LogP contribution in [0.5, 0.6) is 0 Å².